The van der Waals surface area contributed by atoms with E-state index in [4.69, 9.17) is 4.42 Å². The zero-order valence-corrected chi connectivity index (χ0v) is 13.9. The molecule has 1 fully saturated rings. The van der Waals surface area contributed by atoms with Crippen molar-refractivity contribution in [1.82, 2.24) is 29.9 Å². The van der Waals surface area contributed by atoms with Gasteiger partial charge in [0.2, 0.25) is 11.8 Å². The molecule has 1 aliphatic heterocycles. The second kappa shape index (κ2) is 6.16. The standard InChI is InChI=1S/C15H16N6O2S/c1-10-13(24-9-16-10)15-19-18-14(23-15)11-4-2-7-21(11)12(22)8-20-6-3-5-17-20/h3,5-6,9,11H,2,4,7-8H2,1H3. The van der Waals surface area contributed by atoms with Crippen LogP contribution in [0.3, 0.4) is 0 Å². The maximum absolute atomic E-state index is 12.6. The third-order valence-electron chi connectivity index (χ3n) is 4.10. The Kier molecular flexibility index (Phi) is 3.85. The number of hydrogen-bond donors (Lipinski definition) is 0. The molecule has 8 nitrogen and oxygen atoms in total. The van der Waals surface area contributed by atoms with E-state index in [0.717, 1.165) is 23.4 Å². The molecular formula is C15H16N6O2S. The molecule has 0 saturated carbocycles. The smallest absolute Gasteiger partial charge is 0.259 e. The molecule has 1 saturated heterocycles. The van der Waals surface area contributed by atoms with Gasteiger partial charge in [0.15, 0.2) is 0 Å². The van der Waals surface area contributed by atoms with E-state index in [9.17, 15) is 4.79 Å². The van der Waals surface area contributed by atoms with Gasteiger partial charge in [-0.2, -0.15) is 5.10 Å². The number of aromatic nitrogens is 5. The second-order valence-electron chi connectivity index (χ2n) is 5.66. The minimum Gasteiger partial charge on any atom is -0.418 e. The highest BCUT2D eigenvalue weighted by Crippen LogP contribution is 2.34. The number of hydrogen-bond acceptors (Lipinski definition) is 7. The van der Waals surface area contributed by atoms with E-state index >= 15 is 0 Å². The molecule has 3 aromatic rings. The highest BCUT2D eigenvalue weighted by Gasteiger charge is 2.34. The first-order valence-electron chi connectivity index (χ1n) is 7.73. The summed E-state index contributed by atoms with van der Waals surface area (Å²) in [7, 11) is 0. The van der Waals surface area contributed by atoms with E-state index in [1.165, 1.54) is 11.3 Å². The summed E-state index contributed by atoms with van der Waals surface area (Å²) < 4.78 is 7.46. The lowest BCUT2D eigenvalue weighted by atomic mass is 10.2. The Morgan fingerprint density at radius 1 is 1.46 bits per heavy atom. The van der Waals surface area contributed by atoms with Crippen LogP contribution in [0, 0.1) is 6.92 Å². The van der Waals surface area contributed by atoms with E-state index in [2.05, 4.69) is 20.3 Å². The Morgan fingerprint density at radius 2 is 2.38 bits per heavy atom. The van der Waals surface area contributed by atoms with Crippen molar-refractivity contribution in [1.29, 1.82) is 0 Å². The molecule has 0 bridgehead atoms. The van der Waals surface area contributed by atoms with Gasteiger partial charge in [0.1, 0.15) is 17.5 Å². The minimum absolute atomic E-state index is 0.00919. The van der Waals surface area contributed by atoms with E-state index < -0.39 is 0 Å². The first kappa shape index (κ1) is 15.0. The van der Waals surface area contributed by atoms with Crippen LogP contribution in [0.2, 0.25) is 0 Å². The summed E-state index contributed by atoms with van der Waals surface area (Å²) in [6.45, 7) is 2.83. The number of carbonyl (C=O) groups is 1. The van der Waals surface area contributed by atoms with Crippen LogP contribution in [0.25, 0.3) is 10.8 Å². The van der Waals surface area contributed by atoms with Crippen LogP contribution in [0.5, 0.6) is 0 Å². The molecule has 24 heavy (non-hydrogen) atoms. The van der Waals surface area contributed by atoms with Crippen LogP contribution in [0.15, 0.2) is 28.4 Å². The third-order valence-corrected chi connectivity index (χ3v) is 5.01. The quantitative estimate of drug-likeness (QED) is 0.719. The average molecular weight is 344 g/mol. The summed E-state index contributed by atoms with van der Waals surface area (Å²) in [6.07, 6.45) is 5.19. The van der Waals surface area contributed by atoms with Gasteiger partial charge in [-0.15, -0.1) is 21.5 Å². The summed E-state index contributed by atoms with van der Waals surface area (Å²) >= 11 is 1.47. The van der Waals surface area contributed by atoms with E-state index in [0.29, 0.717) is 18.3 Å². The van der Waals surface area contributed by atoms with Crippen LogP contribution in [0.4, 0.5) is 0 Å². The summed E-state index contributed by atoms with van der Waals surface area (Å²) in [5.74, 6) is 0.968. The van der Waals surface area contributed by atoms with Crippen molar-refractivity contribution in [2.24, 2.45) is 0 Å². The monoisotopic (exact) mass is 344 g/mol. The number of rotatable bonds is 4. The number of thiazole rings is 1. The molecule has 4 heterocycles. The zero-order chi connectivity index (χ0) is 16.5. The summed E-state index contributed by atoms with van der Waals surface area (Å²) in [5, 5.41) is 12.4. The highest BCUT2D eigenvalue weighted by atomic mass is 32.1. The number of nitrogens with zero attached hydrogens (tertiary/aromatic N) is 6. The molecule has 0 spiro atoms. The fourth-order valence-electron chi connectivity index (χ4n) is 2.91. The van der Waals surface area contributed by atoms with Crippen molar-refractivity contribution in [3.63, 3.8) is 0 Å². The van der Waals surface area contributed by atoms with Gasteiger partial charge >= 0.3 is 0 Å². The van der Waals surface area contributed by atoms with Crippen molar-refractivity contribution < 1.29 is 9.21 Å². The lowest BCUT2D eigenvalue weighted by Crippen LogP contribution is -2.33. The number of amides is 1. The molecule has 0 aromatic carbocycles. The molecule has 1 unspecified atom stereocenters. The van der Waals surface area contributed by atoms with Crippen molar-refractivity contribution >= 4 is 17.2 Å². The Morgan fingerprint density at radius 3 is 3.12 bits per heavy atom. The predicted octanol–water partition coefficient (Wildman–Crippen LogP) is 2.06. The van der Waals surface area contributed by atoms with Crippen LogP contribution in [-0.2, 0) is 11.3 Å². The van der Waals surface area contributed by atoms with Crippen molar-refractivity contribution in [3.8, 4) is 10.8 Å². The van der Waals surface area contributed by atoms with Crippen LogP contribution >= 0.6 is 11.3 Å². The first-order valence-corrected chi connectivity index (χ1v) is 8.61. The predicted molar refractivity (Wildman–Crippen MR) is 86.1 cm³/mol. The molecule has 0 N–H and O–H groups in total. The van der Waals surface area contributed by atoms with Gasteiger partial charge in [-0.3, -0.25) is 9.48 Å². The average Bonchev–Trinajstić information content (AvgIpc) is 3.34. The Hall–Kier alpha value is -2.55. The minimum atomic E-state index is -0.164. The SMILES string of the molecule is Cc1ncsc1-c1nnc(C2CCCN2C(=O)Cn2cccn2)o1. The zero-order valence-electron chi connectivity index (χ0n) is 13.1. The molecule has 124 valence electrons. The van der Waals surface area contributed by atoms with Gasteiger partial charge in [-0.25, -0.2) is 4.98 Å². The fraction of sp³-hybridized carbons (Fsp3) is 0.400. The van der Waals surface area contributed by atoms with Gasteiger partial charge in [0.05, 0.1) is 11.2 Å². The molecule has 0 radical (unpaired) electrons. The van der Waals surface area contributed by atoms with Crippen molar-refractivity contribution in [2.45, 2.75) is 32.4 Å². The van der Waals surface area contributed by atoms with Crippen molar-refractivity contribution in [2.75, 3.05) is 6.54 Å². The Balaban J connectivity index is 1.54. The normalized spacial score (nSPS) is 17.5. The van der Waals surface area contributed by atoms with Gasteiger partial charge in [-0.05, 0) is 25.8 Å². The topological polar surface area (TPSA) is 89.9 Å². The molecule has 0 aliphatic carbocycles. The van der Waals surface area contributed by atoms with Crippen LogP contribution in [0.1, 0.15) is 30.5 Å². The number of carbonyl (C=O) groups excluding carboxylic acids is 1. The number of likely N-dealkylation sites (tertiary alicyclic amines) is 1. The first-order chi connectivity index (χ1) is 11.7. The molecule has 3 aromatic heterocycles. The number of aryl methyl sites for hydroxylation is 1. The van der Waals surface area contributed by atoms with E-state index in [1.54, 1.807) is 33.6 Å². The molecule has 1 atom stereocenters. The van der Waals surface area contributed by atoms with Gasteiger partial charge in [0.25, 0.3) is 5.89 Å². The molecular weight excluding hydrogens is 328 g/mol. The third kappa shape index (κ3) is 2.71. The van der Waals surface area contributed by atoms with E-state index in [1.807, 2.05) is 6.92 Å². The Bertz CT molecular complexity index is 840. The van der Waals surface area contributed by atoms with Gasteiger partial charge in [0, 0.05) is 18.9 Å². The maximum atomic E-state index is 12.6. The highest BCUT2D eigenvalue weighted by molar-refractivity contribution is 7.13. The van der Waals surface area contributed by atoms with Crippen LogP contribution in [-0.4, -0.2) is 42.3 Å². The summed E-state index contributed by atoms with van der Waals surface area (Å²) in [6, 6.07) is 1.64. The largest absolute Gasteiger partial charge is 0.418 e. The maximum Gasteiger partial charge on any atom is 0.259 e. The van der Waals surface area contributed by atoms with Crippen molar-refractivity contribution in [3.05, 3.63) is 35.6 Å². The fourth-order valence-corrected chi connectivity index (χ4v) is 3.64. The van der Waals surface area contributed by atoms with E-state index in [-0.39, 0.29) is 18.5 Å². The Labute approximate surface area is 142 Å². The summed E-state index contributed by atoms with van der Waals surface area (Å²) in [5.41, 5.74) is 2.62. The second-order valence-corrected chi connectivity index (χ2v) is 6.52. The lowest BCUT2D eigenvalue weighted by molar-refractivity contribution is -0.133. The van der Waals surface area contributed by atoms with Gasteiger partial charge in [-0.1, -0.05) is 0 Å². The van der Waals surface area contributed by atoms with Gasteiger partial charge < -0.3 is 9.32 Å². The molecule has 1 aliphatic rings. The van der Waals surface area contributed by atoms with Crippen LogP contribution < -0.4 is 0 Å². The molecule has 1 amide bonds. The summed E-state index contributed by atoms with van der Waals surface area (Å²) in [4.78, 5) is 19.4. The molecule has 9 heteroatoms. The molecule has 4 rings (SSSR count). The lowest BCUT2D eigenvalue weighted by Gasteiger charge is -2.21.